The average molecular weight is 351 g/mol. The highest BCUT2D eigenvalue weighted by molar-refractivity contribution is 5.91. The Morgan fingerprint density at radius 1 is 1.15 bits per heavy atom. The third kappa shape index (κ3) is 3.91. The summed E-state index contributed by atoms with van der Waals surface area (Å²) in [7, 11) is 1.59. The zero-order valence-corrected chi connectivity index (χ0v) is 15.1. The quantitative estimate of drug-likeness (QED) is 0.728. The molecule has 0 atom stereocenters. The molecule has 0 fully saturated rings. The van der Waals surface area contributed by atoms with Crippen LogP contribution < -0.4 is 10.1 Å². The van der Waals surface area contributed by atoms with Gasteiger partial charge in [-0.1, -0.05) is 29.4 Å². The van der Waals surface area contributed by atoms with Crippen LogP contribution in [0.3, 0.4) is 0 Å². The van der Waals surface area contributed by atoms with Crippen molar-refractivity contribution < 1.29 is 14.1 Å². The summed E-state index contributed by atoms with van der Waals surface area (Å²) in [6.45, 7) is 4.01. The van der Waals surface area contributed by atoms with Crippen molar-refractivity contribution in [3.63, 3.8) is 0 Å². The van der Waals surface area contributed by atoms with Gasteiger partial charge in [0.15, 0.2) is 0 Å². The van der Waals surface area contributed by atoms with E-state index < -0.39 is 0 Å². The highest BCUT2D eigenvalue weighted by atomic mass is 16.5. The second kappa shape index (κ2) is 7.82. The maximum atomic E-state index is 12.2. The number of amides is 1. The SMILES string of the molecule is COc1ccccc1-c1noc(CCC(=O)Nc2cccc(C)c2C)n1. The van der Waals surface area contributed by atoms with Crippen molar-refractivity contribution in [1.29, 1.82) is 0 Å². The number of hydrogen-bond acceptors (Lipinski definition) is 5. The number of para-hydroxylation sites is 1. The van der Waals surface area contributed by atoms with Crippen LogP contribution in [0.1, 0.15) is 23.4 Å². The molecule has 0 aliphatic rings. The van der Waals surface area contributed by atoms with Crippen LogP contribution in [0.15, 0.2) is 47.0 Å². The van der Waals surface area contributed by atoms with Gasteiger partial charge >= 0.3 is 0 Å². The molecule has 0 bridgehead atoms. The van der Waals surface area contributed by atoms with Crippen LogP contribution in [-0.2, 0) is 11.2 Å². The summed E-state index contributed by atoms with van der Waals surface area (Å²) in [5.74, 6) is 1.46. The predicted octanol–water partition coefficient (Wildman–Crippen LogP) is 3.93. The lowest BCUT2D eigenvalue weighted by Crippen LogP contribution is -2.13. The first-order valence-corrected chi connectivity index (χ1v) is 8.40. The number of rotatable bonds is 6. The van der Waals surface area contributed by atoms with Crippen LogP contribution >= 0.6 is 0 Å². The lowest BCUT2D eigenvalue weighted by Gasteiger charge is -2.09. The predicted molar refractivity (Wildman–Crippen MR) is 99.2 cm³/mol. The van der Waals surface area contributed by atoms with Crippen molar-refractivity contribution in [3.05, 3.63) is 59.5 Å². The largest absolute Gasteiger partial charge is 0.496 e. The minimum Gasteiger partial charge on any atom is -0.496 e. The van der Waals surface area contributed by atoms with E-state index in [-0.39, 0.29) is 12.3 Å². The number of nitrogens with one attached hydrogen (secondary N) is 1. The van der Waals surface area contributed by atoms with Gasteiger partial charge in [0, 0.05) is 18.5 Å². The number of aryl methyl sites for hydroxylation is 2. The standard InChI is InChI=1S/C20H21N3O3/c1-13-7-6-9-16(14(13)2)21-18(24)11-12-19-22-20(23-26-19)15-8-4-5-10-17(15)25-3/h4-10H,11-12H2,1-3H3,(H,21,24). The Morgan fingerprint density at radius 2 is 1.96 bits per heavy atom. The zero-order chi connectivity index (χ0) is 18.5. The van der Waals surface area contributed by atoms with E-state index in [2.05, 4.69) is 15.5 Å². The Balaban J connectivity index is 1.63. The molecule has 3 aromatic rings. The molecule has 0 aliphatic carbocycles. The van der Waals surface area contributed by atoms with Gasteiger partial charge in [-0.05, 0) is 43.2 Å². The van der Waals surface area contributed by atoms with Gasteiger partial charge in [-0.15, -0.1) is 0 Å². The smallest absolute Gasteiger partial charge is 0.227 e. The Bertz CT molecular complexity index is 918. The summed E-state index contributed by atoms with van der Waals surface area (Å²) in [6.07, 6.45) is 0.639. The number of aromatic nitrogens is 2. The van der Waals surface area contributed by atoms with E-state index in [1.807, 2.05) is 56.3 Å². The van der Waals surface area contributed by atoms with Gasteiger partial charge < -0.3 is 14.6 Å². The van der Waals surface area contributed by atoms with E-state index in [9.17, 15) is 4.79 Å². The van der Waals surface area contributed by atoms with E-state index in [1.54, 1.807) is 7.11 Å². The fourth-order valence-electron chi connectivity index (χ4n) is 2.61. The molecule has 6 nitrogen and oxygen atoms in total. The highest BCUT2D eigenvalue weighted by Gasteiger charge is 2.14. The molecule has 134 valence electrons. The number of anilines is 1. The Labute approximate surface area is 152 Å². The van der Waals surface area contributed by atoms with E-state index in [0.717, 1.165) is 22.4 Å². The normalized spacial score (nSPS) is 10.6. The molecular weight excluding hydrogens is 330 g/mol. The summed E-state index contributed by atoms with van der Waals surface area (Å²) in [4.78, 5) is 16.6. The molecule has 0 spiro atoms. The maximum absolute atomic E-state index is 12.2. The molecule has 1 amide bonds. The maximum Gasteiger partial charge on any atom is 0.227 e. The molecule has 3 rings (SSSR count). The van der Waals surface area contributed by atoms with Crippen molar-refractivity contribution in [1.82, 2.24) is 10.1 Å². The van der Waals surface area contributed by atoms with Crippen LogP contribution in [0.5, 0.6) is 5.75 Å². The lowest BCUT2D eigenvalue weighted by atomic mass is 10.1. The number of ether oxygens (including phenoxy) is 1. The molecule has 26 heavy (non-hydrogen) atoms. The van der Waals surface area contributed by atoms with E-state index in [0.29, 0.717) is 23.9 Å². The lowest BCUT2D eigenvalue weighted by molar-refractivity contribution is -0.116. The van der Waals surface area contributed by atoms with Crippen LogP contribution in [-0.4, -0.2) is 23.2 Å². The molecule has 0 aliphatic heterocycles. The summed E-state index contributed by atoms with van der Waals surface area (Å²) in [5.41, 5.74) is 3.79. The van der Waals surface area contributed by atoms with E-state index >= 15 is 0 Å². The van der Waals surface area contributed by atoms with Gasteiger partial charge in [0.25, 0.3) is 0 Å². The third-order valence-corrected chi connectivity index (χ3v) is 4.26. The Kier molecular flexibility index (Phi) is 5.31. The van der Waals surface area contributed by atoms with Gasteiger partial charge in [0.05, 0.1) is 12.7 Å². The van der Waals surface area contributed by atoms with Gasteiger partial charge in [0.1, 0.15) is 5.75 Å². The van der Waals surface area contributed by atoms with Crippen molar-refractivity contribution in [2.75, 3.05) is 12.4 Å². The Morgan fingerprint density at radius 3 is 2.77 bits per heavy atom. The van der Waals surface area contributed by atoms with Crippen LogP contribution in [0, 0.1) is 13.8 Å². The number of carbonyl (C=O) groups is 1. The van der Waals surface area contributed by atoms with E-state index in [4.69, 9.17) is 9.26 Å². The summed E-state index contributed by atoms with van der Waals surface area (Å²) < 4.78 is 10.6. The summed E-state index contributed by atoms with van der Waals surface area (Å²) in [6, 6.07) is 13.3. The van der Waals surface area contributed by atoms with Crippen LogP contribution in [0.2, 0.25) is 0 Å². The molecular formula is C20H21N3O3. The molecule has 1 aromatic heterocycles. The zero-order valence-electron chi connectivity index (χ0n) is 15.1. The highest BCUT2D eigenvalue weighted by Crippen LogP contribution is 2.27. The minimum atomic E-state index is -0.0873. The molecule has 2 aromatic carbocycles. The second-order valence-electron chi connectivity index (χ2n) is 6.01. The first kappa shape index (κ1) is 17.7. The molecule has 1 heterocycles. The average Bonchev–Trinajstić information content (AvgIpc) is 3.12. The van der Waals surface area contributed by atoms with Crippen molar-refractivity contribution in [2.24, 2.45) is 0 Å². The number of hydrogen-bond donors (Lipinski definition) is 1. The van der Waals surface area contributed by atoms with Gasteiger partial charge in [-0.2, -0.15) is 4.98 Å². The summed E-state index contributed by atoms with van der Waals surface area (Å²) in [5, 5.41) is 6.91. The number of carbonyl (C=O) groups excluding carboxylic acids is 1. The number of nitrogens with zero attached hydrogens (tertiary/aromatic N) is 2. The Hall–Kier alpha value is -3.15. The number of methoxy groups -OCH3 is 1. The number of benzene rings is 2. The fourth-order valence-corrected chi connectivity index (χ4v) is 2.61. The van der Waals surface area contributed by atoms with Crippen molar-refractivity contribution >= 4 is 11.6 Å². The second-order valence-corrected chi connectivity index (χ2v) is 6.01. The molecule has 0 saturated carbocycles. The molecule has 0 saturated heterocycles. The minimum absolute atomic E-state index is 0.0873. The van der Waals surface area contributed by atoms with Crippen molar-refractivity contribution in [2.45, 2.75) is 26.7 Å². The van der Waals surface area contributed by atoms with Crippen LogP contribution in [0.4, 0.5) is 5.69 Å². The van der Waals surface area contributed by atoms with Gasteiger partial charge in [-0.25, -0.2) is 0 Å². The van der Waals surface area contributed by atoms with Crippen LogP contribution in [0.25, 0.3) is 11.4 Å². The fraction of sp³-hybridized carbons (Fsp3) is 0.250. The molecule has 1 N–H and O–H groups in total. The van der Waals surface area contributed by atoms with Gasteiger partial charge in [-0.3, -0.25) is 4.79 Å². The summed E-state index contributed by atoms with van der Waals surface area (Å²) >= 11 is 0. The molecule has 0 unspecified atom stereocenters. The van der Waals surface area contributed by atoms with E-state index in [1.165, 1.54) is 0 Å². The third-order valence-electron chi connectivity index (χ3n) is 4.26. The first-order valence-electron chi connectivity index (χ1n) is 8.40. The molecule has 0 radical (unpaired) electrons. The topological polar surface area (TPSA) is 77.2 Å². The van der Waals surface area contributed by atoms with Crippen molar-refractivity contribution in [3.8, 4) is 17.1 Å². The van der Waals surface area contributed by atoms with Gasteiger partial charge in [0.2, 0.25) is 17.6 Å². The molecule has 6 heteroatoms. The first-order chi connectivity index (χ1) is 12.6. The monoisotopic (exact) mass is 351 g/mol.